The number of ketones is 1. The smallest absolute Gasteiger partial charge is 0.232 e. The Kier molecular flexibility index (Phi) is 4.95. The van der Waals surface area contributed by atoms with Gasteiger partial charge in [0.25, 0.3) is 0 Å². The molecule has 31 heavy (non-hydrogen) atoms. The predicted molar refractivity (Wildman–Crippen MR) is 117 cm³/mol. The van der Waals surface area contributed by atoms with E-state index in [4.69, 9.17) is 9.47 Å². The summed E-state index contributed by atoms with van der Waals surface area (Å²) >= 11 is 0. The van der Waals surface area contributed by atoms with Crippen LogP contribution in [0.1, 0.15) is 35.5 Å². The van der Waals surface area contributed by atoms with E-state index in [-0.39, 0.29) is 11.5 Å². The minimum atomic E-state index is -0.152. The lowest BCUT2D eigenvalue weighted by molar-refractivity contribution is 0.101. The van der Waals surface area contributed by atoms with E-state index in [2.05, 4.69) is 39.2 Å². The number of pyridine rings is 1. The molecule has 8 nitrogen and oxygen atoms in total. The first-order valence-electron chi connectivity index (χ1n) is 10.4. The number of benzene rings is 1. The van der Waals surface area contributed by atoms with Crippen LogP contribution in [0.15, 0.2) is 36.2 Å². The molecule has 5 rings (SSSR count). The van der Waals surface area contributed by atoms with Crippen molar-refractivity contribution in [3.05, 3.63) is 53.0 Å². The van der Waals surface area contributed by atoms with E-state index < -0.39 is 0 Å². The number of hydrogen-bond acceptors (Lipinski definition) is 7. The normalized spacial score (nSPS) is 22.7. The second-order valence-electron chi connectivity index (χ2n) is 8.23. The van der Waals surface area contributed by atoms with Crippen molar-refractivity contribution in [3.63, 3.8) is 0 Å². The van der Waals surface area contributed by atoms with Gasteiger partial charge in [-0.15, -0.1) is 0 Å². The number of nitrogens with one attached hydrogen (secondary N) is 2. The Bertz CT molecular complexity index is 1180. The van der Waals surface area contributed by atoms with E-state index in [1.165, 1.54) is 0 Å². The molecule has 1 aromatic carbocycles. The van der Waals surface area contributed by atoms with Crippen molar-refractivity contribution >= 4 is 22.9 Å². The number of carbonyl (C=O) groups is 1. The summed E-state index contributed by atoms with van der Waals surface area (Å²) in [6, 6.07) is 8.16. The summed E-state index contributed by atoms with van der Waals surface area (Å²) in [6.45, 7) is 6.84. The number of rotatable bonds is 4. The fraction of sp³-hybridized carbons (Fsp3) is 0.348. The summed E-state index contributed by atoms with van der Waals surface area (Å²) in [5.74, 6) is 1.40. The molecule has 0 radical (unpaired) electrons. The molecule has 0 unspecified atom stereocenters. The summed E-state index contributed by atoms with van der Waals surface area (Å²) in [4.78, 5) is 19.7. The fourth-order valence-corrected chi connectivity index (χ4v) is 4.53. The van der Waals surface area contributed by atoms with Gasteiger partial charge in [0, 0.05) is 49.4 Å². The van der Waals surface area contributed by atoms with Gasteiger partial charge in [0.2, 0.25) is 5.78 Å². The fourth-order valence-electron chi connectivity index (χ4n) is 4.53. The lowest BCUT2D eigenvalue weighted by Crippen LogP contribution is -2.53. The average Bonchev–Trinajstić information content (AvgIpc) is 3.30. The van der Waals surface area contributed by atoms with Crippen molar-refractivity contribution in [2.24, 2.45) is 0 Å². The van der Waals surface area contributed by atoms with E-state index in [1.54, 1.807) is 25.4 Å². The predicted octanol–water partition coefficient (Wildman–Crippen LogP) is 2.76. The van der Waals surface area contributed by atoms with Crippen LogP contribution in [0.4, 0.5) is 0 Å². The maximum Gasteiger partial charge on any atom is 0.232 e. The number of nitrogens with zero attached hydrogens (tertiary/aromatic N) is 3. The van der Waals surface area contributed by atoms with Gasteiger partial charge in [-0.25, -0.2) is 4.98 Å². The van der Waals surface area contributed by atoms with Crippen LogP contribution in [0.5, 0.6) is 11.5 Å². The van der Waals surface area contributed by atoms with Crippen LogP contribution >= 0.6 is 0 Å². The molecule has 2 aliphatic rings. The third-order valence-corrected chi connectivity index (χ3v) is 5.77. The van der Waals surface area contributed by atoms with Gasteiger partial charge >= 0.3 is 0 Å². The number of aromatic amines is 1. The lowest BCUT2D eigenvalue weighted by Gasteiger charge is -2.36. The third-order valence-electron chi connectivity index (χ3n) is 5.77. The maximum atomic E-state index is 13.1. The highest BCUT2D eigenvalue weighted by Gasteiger charge is 2.33. The van der Waals surface area contributed by atoms with Gasteiger partial charge in [0.1, 0.15) is 11.5 Å². The monoisotopic (exact) mass is 419 g/mol. The van der Waals surface area contributed by atoms with Crippen LogP contribution in [-0.4, -0.2) is 58.1 Å². The van der Waals surface area contributed by atoms with E-state index in [9.17, 15) is 4.79 Å². The maximum absolute atomic E-state index is 13.1. The largest absolute Gasteiger partial charge is 0.496 e. The molecular formula is C23H25N5O3. The molecule has 0 aliphatic carbocycles. The highest BCUT2D eigenvalue weighted by molar-refractivity contribution is 6.15. The first-order chi connectivity index (χ1) is 15.0. The number of carbonyl (C=O) groups excluding carboxylic acids is 1. The van der Waals surface area contributed by atoms with E-state index in [0.29, 0.717) is 41.3 Å². The average molecular weight is 419 g/mol. The molecule has 0 spiro atoms. The molecule has 0 bridgehead atoms. The van der Waals surface area contributed by atoms with Crippen molar-refractivity contribution < 1.29 is 14.3 Å². The first-order valence-corrected chi connectivity index (χ1v) is 10.4. The standard InChI is InChI=1S/C23H25N5O3/c1-13-10-28(11-14(2)25-13)12-17-19(30-3)7-6-16-21(29)20(31-22(16)17)9-18-15-5-4-8-24-23(15)27-26-18/h4-9,13-14,25H,10-12H2,1-3H3,(H,24,26,27)/t13-,14+. The van der Waals surface area contributed by atoms with Gasteiger partial charge in [0.15, 0.2) is 11.4 Å². The van der Waals surface area contributed by atoms with Crippen LogP contribution in [0.3, 0.4) is 0 Å². The molecule has 2 N–H and O–H groups in total. The number of ether oxygens (including phenoxy) is 2. The summed E-state index contributed by atoms with van der Waals surface area (Å²) in [5, 5.41) is 11.6. The second-order valence-corrected chi connectivity index (χ2v) is 8.23. The summed E-state index contributed by atoms with van der Waals surface area (Å²) in [7, 11) is 1.64. The number of allylic oxidation sites excluding steroid dienone is 1. The number of piperazine rings is 1. The SMILES string of the molecule is COc1ccc2c(c1CN1C[C@@H](C)N[C@@H](C)C1)OC(=Cc1n[nH]c3ncccc13)C2=O. The highest BCUT2D eigenvalue weighted by atomic mass is 16.5. The van der Waals surface area contributed by atoms with Crippen molar-refractivity contribution in [2.45, 2.75) is 32.5 Å². The summed E-state index contributed by atoms with van der Waals surface area (Å²) < 4.78 is 11.7. The van der Waals surface area contributed by atoms with Crippen LogP contribution in [0.2, 0.25) is 0 Å². The van der Waals surface area contributed by atoms with Crippen LogP contribution < -0.4 is 14.8 Å². The summed E-state index contributed by atoms with van der Waals surface area (Å²) in [5.41, 5.74) is 2.74. The molecule has 1 saturated heterocycles. The van der Waals surface area contributed by atoms with Gasteiger partial charge in [-0.3, -0.25) is 14.8 Å². The topological polar surface area (TPSA) is 92.4 Å². The number of hydrogen-bond donors (Lipinski definition) is 2. The molecule has 3 aromatic rings. The highest BCUT2D eigenvalue weighted by Crippen LogP contribution is 2.40. The zero-order chi connectivity index (χ0) is 21.5. The van der Waals surface area contributed by atoms with Gasteiger partial charge < -0.3 is 14.8 Å². The molecule has 8 heteroatoms. The first kappa shape index (κ1) is 19.7. The minimum Gasteiger partial charge on any atom is -0.496 e. The molecule has 0 saturated carbocycles. The van der Waals surface area contributed by atoms with E-state index in [1.807, 2.05) is 18.2 Å². The number of methoxy groups -OCH3 is 1. The zero-order valence-electron chi connectivity index (χ0n) is 17.8. The molecule has 1 fully saturated rings. The van der Waals surface area contributed by atoms with E-state index >= 15 is 0 Å². The van der Waals surface area contributed by atoms with Crippen LogP contribution in [0, 0.1) is 0 Å². The Morgan fingerprint density at radius 1 is 1.26 bits per heavy atom. The number of aromatic nitrogens is 3. The Hall–Kier alpha value is -3.23. The number of H-pyrrole nitrogens is 1. The summed E-state index contributed by atoms with van der Waals surface area (Å²) in [6.07, 6.45) is 3.37. The number of Topliss-reactive ketones (excluding diaryl/α,β-unsaturated/α-hetero) is 1. The molecule has 2 atom stereocenters. The van der Waals surface area contributed by atoms with Gasteiger partial charge in [-0.2, -0.15) is 5.10 Å². The van der Waals surface area contributed by atoms with Gasteiger partial charge in [-0.1, -0.05) is 0 Å². The Morgan fingerprint density at radius 3 is 2.84 bits per heavy atom. The van der Waals surface area contributed by atoms with Crippen molar-refractivity contribution in [2.75, 3.05) is 20.2 Å². The van der Waals surface area contributed by atoms with Crippen LogP contribution in [-0.2, 0) is 6.54 Å². The van der Waals surface area contributed by atoms with E-state index in [0.717, 1.165) is 29.8 Å². The Balaban J connectivity index is 1.50. The van der Waals surface area contributed by atoms with Crippen molar-refractivity contribution in [3.8, 4) is 11.5 Å². The van der Waals surface area contributed by atoms with Gasteiger partial charge in [0.05, 0.1) is 23.9 Å². The second kappa shape index (κ2) is 7.79. The Labute approximate surface area is 180 Å². The molecular weight excluding hydrogens is 394 g/mol. The molecule has 4 heterocycles. The van der Waals surface area contributed by atoms with Crippen molar-refractivity contribution in [1.29, 1.82) is 0 Å². The third kappa shape index (κ3) is 3.58. The quantitative estimate of drug-likeness (QED) is 0.628. The molecule has 2 aliphatic heterocycles. The van der Waals surface area contributed by atoms with Crippen molar-refractivity contribution in [1.82, 2.24) is 25.4 Å². The number of fused-ring (bicyclic) bond motifs is 2. The zero-order valence-corrected chi connectivity index (χ0v) is 17.8. The lowest BCUT2D eigenvalue weighted by atomic mass is 10.0. The molecule has 0 amide bonds. The molecule has 160 valence electrons. The van der Waals surface area contributed by atoms with Gasteiger partial charge in [-0.05, 0) is 38.1 Å². The van der Waals surface area contributed by atoms with Crippen LogP contribution in [0.25, 0.3) is 17.1 Å². The molecule has 2 aromatic heterocycles. The Morgan fingerprint density at radius 2 is 2.06 bits per heavy atom. The minimum absolute atomic E-state index is 0.152.